The van der Waals surface area contributed by atoms with Gasteiger partial charge < -0.3 is 14.4 Å². The lowest BCUT2D eigenvalue weighted by Gasteiger charge is -2.21. The number of hydrogen-bond donors (Lipinski definition) is 1. The van der Waals surface area contributed by atoms with Gasteiger partial charge in [0, 0.05) is 14.2 Å². The zero-order valence-corrected chi connectivity index (χ0v) is 9.80. The SMILES string of the molecule is [B][C@@H]1O[C@H](COC)[C@@H](OP(=O)(O)OC)C1F. The Labute approximate surface area is 94.0 Å². The first kappa shape index (κ1) is 14.1. The van der Waals surface area contributed by atoms with Gasteiger partial charge in [-0.2, -0.15) is 0 Å². The molecule has 0 aliphatic carbocycles. The molecule has 1 saturated heterocycles. The maximum atomic E-state index is 13.5. The summed E-state index contributed by atoms with van der Waals surface area (Å²) in [5.41, 5.74) is 0. The summed E-state index contributed by atoms with van der Waals surface area (Å²) in [6.07, 6.45) is -3.84. The van der Waals surface area contributed by atoms with E-state index in [-0.39, 0.29) is 6.61 Å². The molecule has 1 fully saturated rings. The first-order chi connectivity index (χ1) is 7.41. The van der Waals surface area contributed by atoms with Crippen LogP contribution in [0.25, 0.3) is 0 Å². The molecule has 9 heteroatoms. The topological polar surface area (TPSA) is 74.2 Å². The van der Waals surface area contributed by atoms with E-state index in [0.717, 1.165) is 7.11 Å². The number of phosphoric ester groups is 1. The van der Waals surface area contributed by atoms with E-state index in [2.05, 4.69) is 9.05 Å². The summed E-state index contributed by atoms with van der Waals surface area (Å²) in [4.78, 5) is 9.08. The first-order valence-corrected chi connectivity index (χ1v) is 6.02. The smallest absolute Gasteiger partial charge is 0.382 e. The lowest BCUT2D eigenvalue weighted by molar-refractivity contribution is -0.0197. The van der Waals surface area contributed by atoms with Crippen LogP contribution in [0, 0.1) is 0 Å². The number of alkyl halides is 1. The van der Waals surface area contributed by atoms with E-state index in [9.17, 15) is 8.96 Å². The second-order valence-electron chi connectivity index (χ2n) is 3.26. The van der Waals surface area contributed by atoms with Gasteiger partial charge in [-0.15, -0.1) is 0 Å². The highest BCUT2D eigenvalue weighted by atomic mass is 31.2. The third-order valence-electron chi connectivity index (χ3n) is 2.14. The average molecular weight is 254 g/mol. The molecule has 1 aliphatic heterocycles. The van der Waals surface area contributed by atoms with Crippen LogP contribution in [0.15, 0.2) is 0 Å². The van der Waals surface area contributed by atoms with Crippen molar-refractivity contribution in [3.05, 3.63) is 0 Å². The maximum absolute atomic E-state index is 13.5. The summed E-state index contributed by atoms with van der Waals surface area (Å²) < 4.78 is 43.2. The van der Waals surface area contributed by atoms with Crippen molar-refractivity contribution in [1.29, 1.82) is 0 Å². The molecule has 1 aliphatic rings. The summed E-state index contributed by atoms with van der Waals surface area (Å²) in [7, 11) is 3.39. The van der Waals surface area contributed by atoms with Crippen molar-refractivity contribution in [3.8, 4) is 0 Å². The van der Waals surface area contributed by atoms with Crippen LogP contribution in [0.1, 0.15) is 0 Å². The van der Waals surface area contributed by atoms with Crippen LogP contribution in [-0.2, 0) is 23.1 Å². The minimum Gasteiger partial charge on any atom is -0.382 e. The van der Waals surface area contributed by atoms with Crippen LogP contribution in [0.2, 0.25) is 0 Å². The predicted octanol–water partition coefficient (Wildman–Crippen LogP) is -0.00370. The molecule has 1 heterocycles. The molecule has 1 N–H and O–H groups in total. The molecule has 5 atom stereocenters. The Morgan fingerprint density at radius 2 is 2.19 bits per heavy atom. The number of hydrogen-bond acceptors (Lipinski definition) is 5. The minimum atomic E-state index is -4.28. The van der Waals surface area contributed by atoms with Gasteiger partial charge in [0.05, 0.1) is 12.6 Å². The van der Waals surface area contributed by atoms with Crippen molar-refractivity contribution in [2.75, 3.05) is 20.8 Å². The summed E-state index contributed by atoms with van der Waals surface area (Å²) in [5, 5.41) is 0. The van der Waals surface area contributed by atoms with Gasteiger partial charge in [-0.05, 0) is 0 Å². The maximum Gasteiger partial charge on any atom is 0.472 e. The van der Waals surface area contributed by atoms with Gasteiger partial charge in [0.1, 0.15) is 26.2 Å². The Hall–Kier alpha value is 0.0249. The van der Waals surface area contributed by atoms with Crippen molar-refractivity contribution >= 4 is 15.7 Å². The summed E-state index contributed by atoms with van der Waals surface area (Å²) in [6.45, 7) is 0.00248. The van der Waals surface area contributed by atoms with Crippen molar-refractivity contribution in [3.63, 3.8) is 0 Å². The lowest BCUT2D eigenvalue weighted by Crippen LogP contribution is -2.34. The third kappa shape index (κ3) is 3.26. The molecule has 2 unspecified atom stereocenters. The molecule has 16 heavy (non-hydrogen) atoms. The van der Waals surface area contributed by atoms with Crippen LogP contribution in [0.5, 0.6) is 0 Å². The van der Waals surface area contributed by atoms with E-state index in [1.807, 2.05) is 0 Å². The summed E-state index contributed by atoms with van der Waals surface area (Å²) >= 11 is 0. The second-order valence-corrected chi connectivity index (χ2v) is 4.77. The summed E-state index contributed by atoms with van der Waals surface area (Å²) in [5.74, 6) is 0. The van der Waals surface area contributed by atoms with Crippen molar-refractivity contribution in [2.24, 2.45) is 0 Å². The van der Waals surface area contributed by atoms with Crippen molar-refractivity contribution < 1.29 is 32.4 Å². The van der Waals surface area contributed by atoms with Crippen LogP contribution < -0.4 is 0 Å². The minimum absolute atomic E-state index is 0.00248. The summed E-state index contributed by atoms with van der Waals surface area (Å²) in [6, 6.07) is -1.21. The number of rotatable bonds is 5. The highest BCUT2D eigenvalue weighted by Crippen LogP contribution is 2.46. The van der Waals surface area contributed by atoms with E-state index in [1.54, 1.807) is 0 Å². The molecule has 0 bridgehead atoms. The molecular formula is C7H13BFO6P. The van der Waals surface area contributed by atoms with E-state index in [4.69, 9.17) is 22.2 Å². The Balaban J connectivity index is 2.70. The fraction of sp³-hybridized carbons (Fsp3) is 1.00. The normalized spacial score (nSPS) is 38.5. The van der Waals surface area contributed by atoms with Gasteiger partial charge in [0.25, 0.3) is 0 Å². The fourth-order valence-electron chi connectivity index (χ4n) is 1.37. The highest BCUT2D eigenvalue weighted by Gasteiger charge is 2.46. The number of phosphoric acid groups is 1. The molecule has 0 amide bonds. The zero-order chi connectivity index (χ0) is 12.3. The van der Waals surface area contributed by atoms with Gasteiger partial charge in [-0.1, -0.05) is 0 Å². The van der Waals surface area contributed by atoms with Gasteiger partial charge in [0.15, 0.2) is 0 Å². The van der Waals surface area contributed by atoms with Crippen LogP contribution in [0.3, 0.4) is 0 Å². The van der Waals surface area contributed by atoms with Crippen LogP contribution in [0.4, 0.5) is 4.39 Å². The van der Waals surface area contributed by atoms with E-state index in [0.29, 0.717) is 0 Å². The third-order valence-corrected chi connectivity index (χ3v) is 3.11. The molecule has 0 aromatic carbocycles. The first-order valence-electron chi connectivity index (χ1n) is 4.52. The second kappa shape index (κ2) is 5.57. The molecule has 0 aromatic heterocycles. The van der Waals surface area contributed by atoms with E-state index in [1.165, 1.54) is 7.11 Å². The van der Waals surface area contributed by atoms with Crippen molar-refractivity contribution in [1.82, 2.24) is 0 Å². The molecule has 0 saturated carbocycles. The number of methoxy groups -OCH3 is 1. The standard InChI is InChI=1S/C7H13BFO6P/c1-12-3-4-6(5(9)7(8)14-4)15-16(10,11)13-2/h4-7H,3H2,1-2H3,(H,10,11)/t4-,5?,6-,7-/m1/s1. The van der Waals surface area contributed by atoms with Gasteiger partial charge in [0.2, 0.25) is 0 Å². The zero-order valence-electron chi connectivity index (χ0n) is 8.91. The number of ether oxygens (including phenoxy) is 2. The largest absolute Gasteiger partial charge is 0.472 e. The van der Waals surface area contributed by atoms with Crippen LogP contribution in [-0.4, -0.2) is 57.9 Å². The Morgan fingerprint density at radius 3 is 2.69 bits per heavy atom. The monoisotopic (exact) mass is 254 g/mol. The number of halogens is 1. The van der Waals surface area contributed by atoms with E-state index < -0.39 is 32.2 Å². The van der Waals surface area contributed by atoms with Gasteiger partial charge in [-0.3, -0.25) is 9.05 Å². The molecule has 92 valence electrons. The van der Waals surface area contributed by atoms with Crippen LogP contribution >= 0.6 is 7.82 Å². The Kier molecular flexibility index (Phi) is 4.91. The average Bonchev–Trinajstić information content (AvgIpc) is 2.47. The lowest BCUT2D eigenvalue weighted by atomic mass is 9.94. The molecule has 6 nitrogen and oxygen atoms in total. The van der Waals surface area contributed by atoms with E-state index >= 15 is 0 Å². The molecule has 0 spiro atoms. The molecule has 2 radical (unpaired) electrons. The quantitative estimate of drug-likeness (QED) is 0.549. The van der Waals surface area contributed by atoms with Gasteiger partial charge >= 0.3 is 7.82 Å². The van der Waals surface area contributed by atoms with Gasteiger partial charge in [-0.25, -0.2) is 8.96 Å². The Bertz CT molecular complexity index is 280. The fourth-order valence-corrected chi connectivity index (χ4v) is 2.01. The molecule has 0 aromatic rings. The molecule has 1 rings (SSSR count). The van der Waals surface area contributed by atoms with Crippen molar-refractivity contribution in [2.45, 2.75) is 24.4 Å². The Morgan fingerprint density at radius 1 is 1.56 bits per heavy atom. The predicted molar refractivity (Wildman–Crippen MR) is 52.9 cm³/mol. The molecular weight excluding hydrogens is 241 g/mol. The highest BCUT2D eigenvalue weighted by molar-refractivity contribution is 7.47.